The average molecular weight is 205 g/mol. The number of alkyl halides is 1. The van der Waals surface area contributed by atoms with E-state index in [0.717, 1.165) is 24.8 Å². The van der Waals surface area contributed by atoms with Crippen molar-refractivity contribution in [2.45, 2.75) is 51.6 Å². The van der Waals surface area contributed by atoms with Crippen molar-refractivity contribution in [3.8, 4) is 0 Å². The Labute approximate surface area is 86.8 Å². The van der Waals surface area contributed by atoms with Gasteiger partial charge in [0, 0.05) is 12.5 Å². The molecule has 1 saturated carbocycles. The number of ether oxygens (including phenoxy) is 1. The molecular weight excluding hydrogens is 184 g/mol. The van der Waals surface area contributed by atoms with Gasteiger partial charge in [0.05, 0.1) is 6.10 Å². The van der Waals surface area contributed by atoms with Crippen LogP contribution in [0.1, 0.15) is 45.4 Å². The zero-order valence-corrected chi connectivity index (χ0v) is 9.35. The van der Waals surface area contributed by atoms with E-state index in [2.05, 4.69) is 6.92 Å². The van der Waals surface area contributed by atoms with Crippen molar-refractivity contribution in [2.75, 3.05) is 12.5 Å². The maximum absolute atomic E-state index is 5.77. The molecule has 1 nitrogen and oxygen atoms in total. The summed E-state index contributed by atoms with van der Waals surface area (Å²) in [6, 6.07) is 0. The minimum atomic E-state index is 0.530. The molecule has 2 atom stereocenters. The van der Waals surface area contributed by atoms with Crippen molar-refractivity contribution >= 4 is 11.6 Å². The first-order valence-corrected chi connectivity index (χ1v) is 6.07. The minimum Gasteiger partial charge on any atom is -0.378 e. The first-order chi connectivity index (χ1) is 6.36. The third kappa shape index (κ3) is 4.33. The zero-order valence-electron chi connectivity index (χ0n) is 8.60. The smallest absolute Gasteiger partial charge is 0.0577 e. The second-order valence-corrected chi connectivity index (χ2v) is 4.35. The molecule has 1 fully saturated rings. The SMILES string of the molecule is CCC1CCCC(OCCCCl)C1. The van der Waals surface area contributed by atoms with Gasteiger partial charge in [-0.3, -0.25) is 0 Å². The van der Waals surface area contributed by atoms with E-state index in [-0.39, 0.29) is 0 Å². The largest absolute Gasteiger partial charge is 0.378 e. The topological polar surface area (TPSA) is 9.23 Å². The summed E-state index contributed by atoms with van der Waals surface area (Å²) in [5.41, 5.74) is 0. The second kappa shape index (κ2) is 6.67. The van der Waals surface area contributed by atoms with Crippen LogP contribution in [0.4, 0.5) is 0 Å². The number of halogens is 1. The molecule has 0 amide bonds. The molecule has 1 rings (SSSR count). The normalized spacial score (nSPS) is 29.1. The third-order valence-electron chi connectivity index (χ3n) is 2.94. The monoisotopic (exact) mass is 204 g/mol. The predicted molar refractivity (Wildman–Crippen MR) is 57.3 cm³/mol. The van der Waals surface area contributed by atoms with Crippen molar-refractivity contribution in [2.24, 2.45) is 5.92 Å². The quantitative estimate of drug-likeness (QED) is 0.491. The first-order valence-electron chi connectivity index (χ1n) is 5.54. The molecule has 0 radical (unpaired) electrons. The van der Waals surface area contributed by atoms with E-state index in [1.165, 1.54) is 32.1 Å². The highest BCUT2D eigenvalue weighted by atomic mass is 35.5. The van der Waals surface area contributed by atoms with Gasteiger partial charge in [-0.15, -0.1) is 11.6 Å². The molecule has 0 aromatic carbocycles. The summed E-state index contributed by atoms with van der Waals surface area (Å²) in [6.45, 7) is 3.14. The molecule has 0 heterocycles. The lowest BCUT2D eigenvalue weighted by atomic mass is 9.85. The summed E-state index contributed by atoms with van der Waals surface area (Å²) >= 11 is 5.60. The Morgan fingerprint density at radius 3 is 2.92 bits per heavy atom. The Morgan fingerprint density at radius 1 is 1.38 bits per heavy atom. The standard InChI is InChI=1S/C11H21ClO/c1-2-10-5-3-6-11(9-10)13-8-4-7-12/h10-11H,2-9H2,1H3. The van der Waals surface area contributed by atoms with E-state index in [9.17, 15) is 0 Å². The maximum Gasteiger partial charge on any atom is 0.0577 e. The van der Waals surface area contributed by atoms with Crippen LogP contribution in [0.2, 0.25) is 0 Å². The molecule has 1 aliphatic carbocycles. The number of rotatable bonds is 5. The summed E-state index contributed by atoms with van der Waals surface area (Å²) in [4.78, 5) is 0. The van der Waals surface area contributed by atoms with Crippen LogP contribution < -0.4 is 0 Å². The van der Waals surface area contributed by atoms with Crippen molar-refractivity contribution in [3.05, 3.63) is 0 Å². The molecule has 0 aromatic rings. The Kier molecular flexibility index (Phi) is 5.81. The fraction of sp³-hybridized carbons (Fsp3) is 1.00. The summed E-state index contributed by atoms with van der Waals surface area (Å²) < 4.78 is 5.77. The van der Waals surface area contributed by atoms with Crippen LogP contribution in [0.25, 0.3) is 0 Å². The molecule has 13 heavy (non-hydrogen) atoms. The van der Waals surface area contributed by atoms with E-state index in [1.54, 1.807) is 0 Å². The van der Waals surface area contributed by atoms with Gasteiger partial charge in [0.2, 0.25) is 0 Å². The van der Waals surface area contributed by atoms with Crippen LogP contribution in [-0.2, 0) is 4.74 Å². The fourth-order valence-corrected chi connectivity index (χ4v) is 2.18. The highest BCUT2D eigenvalue weighted by Gasteiger charge is 2.20. The van der Waals surface area contributed by atoms with Crippen LogP contribution in [-0.4, -0.2) is 18.6 Å². The Bertz CT molecular complexity index is 127. The summed E-state index contributed by atoms with van der Waals surface area (Å²) in [5.74, 6) is 1.64. The summed E-state index contributed by atoms with van der Waals surface area (Å²) in [5, 5.41) is 0. The van der Waals surface area contributed by atoms with Crippen molar-refractivity contribution in [1.82, 2.24) is 0 Å². The van der Waals surface area contributed by atoms with E-state index >= 15 is 0 Å². The molecule has 0 bridgehead atoms. The molecule has 0 N–H and O–H groups in total. The molecule has 0 spiro atoms. The zero-order chi connectivity index (χ0) is 9.52. The van der Waals surface area contributed by atoms with Crippen molar-refractivity contribution in [3.63, 3.8) is 0 Å². The van der Waals surface area contributed by atoms with Crippen LogP contribution >= 0.6 is 11.6 Å². The average Bonchev–Trinajstić information content (AvgIpc) is 2.19. The van der Waals surface area contributed by atoms with Gasteiger partial charge >= 0.3 is 0 Å². The van der Waals surface area contributed by atoms with E-state index in [0.29, 0.717) is 6.10 Å². The molecule has 2 unspecified atom stereocenters. The first kappa shape index (κ1) is 11.3. The van der Waals surface area contributed by atoms with Crippen LogP contribution in [0.3, 0.4) is 0 Å². The van der Waals surface area contributed by atoms with Gasteiger partial charge in [-0.2, -0.15) is 0 Å². The van der Waals surface area contributed by atoms with Crippen molar-refractivity contribution in [1.29, 1.82) is 0 Å². The Hall–Kier alpha value is 0.250. The Morgan fingerprint density at radius 2 is 2.23 bits per heavy atom. The fourth-order valence-electron chi connectivity index (χ4n) is 2.07. The lowest BCUT2D eigenvalue weighted by Gasteiger charge is -2.28. The lowest BCUT2D eigenvalue weighted by molar-refractivity contribution is 0.0132. The van der Waals surface area contributed by atoms with Gasteiger partial charge in [0.15, 0.2) is 0 Å². The van der Waals surface area contributed by atoms with Crippen LogP contribution in [0.5, 0.6) is 0 Å². The highest BCUT2D eigenvalue weighted by Crippen LogP contribution is 2.28. The van der Waals surface area contributed by atoms with Crippen molar-refractivity contribution < 1.29 is 4.74 Å². The van der Waals surface area contributed by atoms with E-state index in [1.807, 2.05) is 0 Å². The van der Waals surface area contributed by atoms with Gasteiger partial charge in [-0.1, -0.05) is 26.2 Å². The minimum absolute atomic E-state index is 0.530. The van der Waals surface area contributed by atoms with E-state index in [4.69, 9.17) is 16.3 Å². The molecular formula is C11H21ClO. The van der Waals surface area contributed by atoms with Gasteiger partial charge in [-0.25, -0.2) is 0 Å². The summed E-state index contributed by atoms with van der Waals surface area (Å²) in [6.07, 6.45) is 8.14. The maximum atomic E-state index is 5.77. The predicted octanol–water partition coefficient (Wildman–Crippen LogP) is 3.60. The molecule has 0 saturated heterocycles. The molecule has 1 aliphatic rings. The number of hydrogen-bond donors (Lipinski definition) is 0. The van der Waals surface area contributed by atoms with Gasteiger partial charge in [0.25, 0.3) is 0 Å². The van der Waals surface area contributed by atoms with Crippen LogP contribution in [0.15, 0.2) is 0 Å². The summed E-state index contributed by atoms with van der Waals surface area (Å²) in [7, 11) is 0. The van der Waals surface area contributed by atoms with Crippen LogP contribution in [0, 0.1) is 5.92 Å². The molecule has 0 aromatic heterocycles. The highest BCUT2D eigenvalue weighted by molar-refractivity contribution is 6.17. The second-order valence-electron chi connectivity index (χ2n) is 3.98. The third-order valence-corrected chi connectivity index (χ3v) is 3.21. The van der Waals surface area contributed by atoms with Gasteiger partial charge in [-0.05, 0) is 25.2 Å². The number of hydrogen-bond acceptors (Lipinski definition) is 1. The van der Waals surface area contributed by atoms with Gasteiger partial charge < -0.3 is 4.74 Å². The van der Waals surface area contributed by atoms with Gasteiger partial charge in [0.1, 0.15) is 0 Å². The lowest BCUT2D eigenvalue weighted by Crippen LogP contribution is -2.23. The molecule has 2 heteroatoms. The molecule has 0 aliphatic heterocycles. The molecule has 78 valence electrons. The Balaban J connectivity index is 2.11. The van der Waals surface area contributed by atoms with E-state index < -0.39 is 0 Å².